The summed E-state index contributed by atoms with van der Waals surface area (Å²) in [4.78, 5) is 2.60. The van der Waals surface area contributed by atoms with E-state index in [-0.39, 0.29) is 0 Å². The van der Waals surface area contributed by atoms with Gasteiger partial charge in [0.2, 0.25) is 0 Å². The number of nitrogens with zero attached hydrogens (tertiary/aromatic N) is 1. The molecule has 2 rings (SSSR count). The molecule has 0 aromatic heterocycles. The molecule has 3 atom stereocenters. The normalized spacial score (nSPS) is 35.3. The van der Waals surface area contributed by atoms with Crippen LogP contribution in [0.2, 0.25) is 0 Å². The van der Waals surface area contributed by atoms with Crippen LogP contribution in [-0.2, 0) is 4.74 Å². The maximum absolute atomic E-state index is 5.92. The summed E-state index contributed by atoms with van der Waals surface area (Å²) in [5.74, 6) is 0. The molecular formula is C14H28N2O. The lowest BCUT2D eigenvalue weighted by molar-refractivity contribution is 0.0245. The summed E-state index contributed by atoms with van der Waals surface area (Å²) in [6, 6.07) is 0.711. The molecule has 0 amide bonds. The van der Waals surface area contributed by atoms with Crippen LogP contribution in [0.25, 0.3) is 0 Å². The molecule has 0 bridgehead atoms. The predicted molar refractivity (Wildman–Crippen MR) is 71.3 cm³/mol. The van der Waals surface area contributed by atoms with Gasteiger partial charge in [-0.25, -0.2) is 0 Å². The fourth-order valence-corrected chi connectivity index (χ4v) is 3.04. The average Bonchev–Trinajstić information content (AvgIpc) is 2.73. The summed E-state index contributed by atoms with van der Waals surface area (Å²) in [6.45, 7) is 9.22. The van der Waals surface area contributed by atoms with E-state index in [0.717, 1.165) is 13.1 Å². The fourth-order valence-electron chi connectivity index (χ4n) is 3.04. The van der Waals surface area contributed by atoms with Crippen molar-refractivity contribution in [2.75, 3.05) is 26.2 Å². The topological polar surface area (TPSA) is 24.5 Å². The van der Waals surface area contributed by atoms with Crippen LogP contribution < -0.4 is 5.32 Å². The summed E-state index contributed by atoms with van der Waals surface area (Å²) < 4.78 is 5.92. The van der Waals surface area contributed by atoms with Crippen molar-refractivity contribution < 1.29 is 4.74 Å². The number of ether oxygens (including phenoxy) is 1. The van der Waals surface area contributed by atoms with Gasteiger partial charge in [-0.3, -0.25) is 4.90 Å². The predicted octanol–water partition coefficient (Wildman–Crippen LogP) is 2.02. The van der Waals surface area contributed by atoms with E-state index in [9.17, 15) is 0 Å². The fraction of sp³-hybridized carbons (Fsp3) is 1.00. The zero-order chi connectivity index (χ0) is 12.1. The Morgan fingerprint density at radius 1 is 1.29 bits per heavy atom. The smallest absolute Gasteiger partial charge is 0.0706 e. The molecule has 2 saturated heterocycles. The van der Waals surface area contributed by atoms with E-state index in [2.05, 4.69) is 24.1 Å². The Bertz CT molecular complexity index is 222. The van der Waals surface area contributed by atoms with E-state index in [1.807, 2.05) is 0 Å². The Kier molecular flexibility index (Phi) is 5.26. The molecule has 0 saturated carbocycles. The highest BCUT2D eigenvalue weighted by molar-refractivity contribution is 4.81. The van der Waals surface area contributed by atoms with E-state index in [4.69, 9.17) is 4.74 Å². The van der Waals surface area contributed by atoms with Gasteiger partial charge < -0.3 is 10.1 Å². The van der Waals surface area contributed by atoms with Gasteiger partial charge in [-0.2, -0.15) is 0 Å². The van der Waals surface area contributed by atoms with E-state index in [1.165, 1.54) is 45.2 Å². The van der Waals surface area contributed by atoms with Crippen molar-refractivity contribution in [3.63, 3.8) is 0 Å². The molecule has 3 nitrogen and oxygen atoms in total. The van der Waals surface area contributed by atoms with Gasteiger partial charge in [-0.1, -0.05) is 6.92 Å². The molecule has 0 aromatic rings. The minimum absolute atomic E-state index is 0.485. The largest absolute Gasteiger partial charge is 0.374 e. The van der Waals surface area contributed by atoms with Crippen molar-refractivity contribution in [2.24, 2.45) is 0 Å². The van der Waals surface area contributed by atoms with E-state index < -0.39 is 0 Å². The monoisotopic (exact) mass is 240 g/mol. The molecule has 3 unspecified atom stereocenters. The maximum Gasteiger partial charge on any atom is 0.0706 e. The second kappa shape index (κ2) is 6.72. The number of hydrogen-bond donors (Lipinski definition) is 1. The first-order valence-electron chi connectivity index (χ1n) is 7.39. The molecule has 2 aliphatic rings. The Labute approximate surface area is 106 Å². The zero-order valence-corrected chi connectivity index (χ0v) is 11.5. The molecule has 0 aliphatic carbocycles. The van der Waals surface area contributed by atoms with Gasteiger partial charge in [0, 0.05) is 19.1 Å². The number of rotatable bonds is 5. The van der Waals surface area contributed by atoms with Gasteiger partial charge in [-0.15, -0.1) is 0 Å². The number of likely N-dealkylation sites (tertiary alicyclic amines) is 1. The lowest BCUT2D eigenvalue weighted by Crippen LogP contribution is -2.48. The van der Waals surface area contributed by atoms with Crippen LogP contribution in [0.5, 0.6) is 0 Å². The van der Waals surface area contributed by atoms with Crippen LogP contribution in [0.15, 0.2) is 0 Å². The molecule has 2 aliphatic heterocycles. The van der Waals surface area contributed by atoms with Gasteiger partial charge in [0.15, 0.2) is 0 Å². The molecule has 0 spiro atoms. The molecule has 1 N–H and O–H groups in total. The lowest BCUT2D eigenvalue weighted by Gasteiger charge is -2.34. The van der Waals surface area contributed by atoms with Crippen LogP contribution in [0.1, 0.15) is 46.0 Å². The van der Waals surface area contributed by atoms with Crippen molar-refractivity contribution >= 4 is 0 Å². The van der Waals surface area contributed by atoms with Gasteiger partial charge >= 0.3 is 0 Å². The first-order valence-corrected chi connectivity index (χ1v) is 7.39. The third-order valence-electron chi connectivity index (χ3n) is 3.97. The molecule has 17 heavy (non-hydrogen) atoms. The SMILES string of the molecule is CCCNC1CCCN(CC2CCC(C)O2)C1. The van der Waals surface area contributed by atoms with Crippen molar-refractivity contribution in [1.82, 2.24) is 10.2 Å². The highest BCUT2D eigenvalue weighted by atomic mass is 16.5. The van der Waals surface area contributed by atoms with E-state index in [1.54, 1.807) is 0 Å². The summed E-state index contributed by atoms with van der Waals surface area (Å²) in [5.41, 5.74) is 0. The molecule has 0 radical (unpaired) electrons. The Balaban J connectivity index is 1.69. The molecular weight excluding hydrogens is 212 g/mol. The molecule has 2 fully saturated rings. The second-order valence-electron chi connectivity index (χ2n) is 5.70. The van der Waals surface area contributed by atoms with E-state index in [0.29, 0.717) is 18.2 Å². The minimum atomic E-state index is 0.485. The highest BCUT2D eigenvalue weighted by Gasteiger charge is 2.26. The lowest BCUT2D eigenvalue weighted by atomic mass is 10.0. The first kappa shape index (κ1) is 13.3. The Morgan fingerprint density at radius 3 is 2.88 bits per heavy atom. The van der Waals surface area contributed by atoms with E-state index >= 15 is 0 Å². The summed E-state index contributed by atoms with van der Waals surface area (Å²) in [6.07, 6.45) is 7.40. The van der Waals surface area contributed by atoms with Crippen LogP contribution in [-0.4, -0.2) is 49.3 Å². The summed E-state index contributed by atoms with van der Waals surface area (Å²) >= 11 is 0. The molecule has 100 valence electrons. The van der Waals surface area contributed by atoms with Crippen molar-refractivity contribution in [3.8, 4) is 0 Å². The second-order valence-corrected chi connectivity index (χ2v) is 5.70. The van der Waals surface area contributed by atoms with Crippen LogP contribution >= 0.6 is 0 Å². The van der Waals surface area contributed by atoms with Gasteiger partial charge in [0.05, 0.1) is 12.2 Å². The highest BCUT2D eigenvalue weighted by Crippen LogP contribution is 2.21. The quantitative estimate of drug-likeness (QED) is 0.795. The van der Waals surface area contributed by atoms with Crippen LogP contribution in [0.4, 0.5) is 0 Å². The Morgan fingerprint density at radius 2 is 2.18 bits per heavy atom. The number of hydrogen-bond acceptors (Lipinski definition) is 3. The average molecular weight is 240 g/mol. The molecule has 0 aromatic carbocycles. The van der Waals surface area contributed by atoms with Crippen molar-refractivity contribution in [1.29, 1.82) is 0 Å². The minimum Gasteiger partial charge on any atom is -0.374 e. The van der Waals surface area contributed by atoms with Crippen molar-refractivity contribution in [2.45, 2.75) is 64.2 Å². The first-order chi connectivity index (χ1) is 8.28. The zero-order valence-electron chi connectivity index (χ0n) is 11.5. The molecule has 3 heteroatoms. The third-order valence-corrected chi connectivity index (χ3v) is 3.97. The number of piperidine rings is 1. The number of nitrogens with one attached hydrogen (secondary N) is 1. The summed E-state index contributed by atoms with van der Waals surface area (Å²) in [7, 11) is 0. The maximum atomic E-state index is 5.92. The molecule has 2 heterocycles. The van der Waals surface area contributed by atoms with Crippen molar-refractivity contribution in [3.05, 3.63) is 0 Å². The third kappa shape index (κ3) is 4.23. The van der Waals surface area contributed by atoms with Gasteiger partial charge in [-0.05, 0) is 52.1 Å². The van der Waals surface area contributed by atoms with Crippen LogP contribution in [0.3, 0.4) is 0 Å². The Hall–Kier alpha value is -0.120. The van der Waals surface area contributed by atoms with Gasteiger partial charge in [0.25, 0.3) is 0 Å². The van der Waals surface area contributed by atoms with Gasteiger partial charge in [0.1, 0.15) is 0 Å². The van der Waals surface area contributed by atoms with Crippen LogP contribution in [0, 0.1) is 0 Å². The summed E-state index contributed by atoms with van der Waals surface area (Å²) in [5, 5.41) is 3.65. The standard InChI is InChI=1S/C14H28N2O/c1-3-8-15-13-5-4-9-16(10-13)11-14-7-6-12(2)17-14/h12-15H,3-11H2,1-2H3.